The largest absolute Gasteiger partial charge is 0.492 e. The Morgan fingerprint density at radius 2 is 1.73 bits per heavy atom. The molecule has 1 aliphatic rings. The van der Waals surface area contributed by atoms with Gasteiger partial charge in [-0.15, -0.1) is 0 Å². The molecule has 0 atom stereocenters. The number of ether oxygens (including phenoxy) is 1. The van der Waals surface area contributed by atoms with Gasteiger partial charge in [-0.2, -0.15) is 0 Å². The Kier molecular flexibility index (Phi) is 8.25. The van der Waals surface area contributed by atoms with E-state index >= 15 is 0 Å². The van der Waals surface area contributed by atoms with E-state index in [1.165, 1.54) is 18.4 Å². The van der Waals surface area contributed by atoms with Gasteiger partial charge >= 0.3 is 6.03 Å². The summed E-state index contributed by atoms with van der Waals surface area (Å²) in [5.74, 6) is 1.29. The van der Waals surface area contributed by atoms with Gasteiger partial charge in [-0.05, 0) is 36.5 Å². The minimum Gasteiger partial charge on any atom is -0.492 e. The van der Waals surface area contributed by atoms with Crippen molar-refractivity contribution in [3.63, 3.8) is 0 Å². The van der Waals surface area contributed by atoms with Crippen molar-refractivity contribution in [1.82, 2.24) is 16.0 Å². The molecule has 3 amide bonds. The molecular formula is C20H31N3O3. The maximum Gasteiger partial charge on any atom is 0.314 e. The Bertz CT molecular complexity index is 566. The lowest BCUT2D eigenvalue weighted by Crippen LogP contribution is -2.40. The summed E-state index contributed by atoms with van der Waals surface area (Å²) in [5, 5.41) is 8.42. The fourth-order valence-electron chi connectivity index (χ4n) is 3.00. The molecule has 6 heteroatoms. The van der Waals surface area contributed by atoms with E-state index in [0.717, 1.165) is 18.6 Å². The number of rotatable bonds is 9. The zero-order valence-electron chi connectivity index (χ0n) is 15.8. The topological polar surface area (TPSA) is 79.5 Å². The molecular weight excluding hydrogens is 330 g/mol. The lowest BCUT2D eigenvalue weighted by molar-refractivity contribution is -0.121. The maximum absolute atomic E-state index is 11.8. The van der Waals surface area contributed by atoms with Gasteiger partial charge < -0.3 is 20.7 Å². The van der Waals surface area contributed by atoms with Crippen LogP contribution in [0.15, 0.2) is 24.3 Å². The molecule has 0 aliphatic heterocycles. The Balaban J connectivity index is 1.51. The van der Waals surface area contributed by atoms with Crippen molar-refractivity contribution in [3.8, 4) is 5.75 Å². The molecule has 3 N–H and O–H groups in total. The number of benzene rings is 1. The second-order valence-corrected chi connectivity index (χ2v) is 7.05. The molecule has 1 saturated carbocycles. The van der Waals surface area contributed by atoms with E-state index in [-0.39, 0.29) is 11.9 Å². The molecule has 144 valence electrons. The fraction of sp³-hybridized carbons (Fsp3) is 0.600. The van der Waals surface area contributed by atoms with E-state index < -0.39 is 0 Å². The number of hydrogen-bond acceptors (Lipinski definition) is 3. The van der Waals surface area contributed by atoms with Crippen molar-refractivity contribution in [1.29, 1.82) is 0 Å². The van der Waals surface area contributed by atoms with E-state index in [1.54, 1.807) is 0 Å². The molecule has 0 heterocycles. The van der Waals surface area contributed by atoms with Crippen LogP contribution in [0.25, 0.3) is 0 Å². The summed E-state index contributed by atoms with van der Waals surface area (Å²) in [6.45, 7) is 5.44. The molecule has 0 unspecified atom stereocenters. The van der Waals surface area contributed by atoms with Crippen LogP contribution in [-0.4, -0.2) is 37.7 Å². The summed E-state index contributed by atoms with van der Waals surface area (Å²) >= 11 is 0. The van der Waals surface area contributed by atoms with Gasteiger partial charge in [-0.3, -0.25) is 4.79 Å². The Morgan fingerprint density at radius 1 is 1.08 bits per heavy atom. The van der Waals surface area contributed by atoms with Crippen LogP contribution in [-0.2, 0) is 4.79 Å². The SMILES string of the molecule is CC(C)c1ccc(OCCNC(=O)NCCC(=O)NC2CCCC2)cc1. The third-order valence-electron chi connectivity index (χ3n) is 4.56. The minimum atomic E-state index is -0.280. The third-order valence-corrected chi connectivity index (χ3v) is 4.56. The van der Waals surface area contributed by atoms with Crippen molar-refractivity contribution >= 4 is 11.9 Å². The maximum atomic E-state index is 11.8. The van der Waals surface area contributed by atoms with Gasteiger partial charge in [0.25, 0.3) is 0 Å². The van der Waals surface area contributed by atoms with Crippen LogP contribution in [0.3, 0.4) is 0 Å². The highest BCUT2D eigenvalue weighted by atomic mass is 16.5. The molecule has 2 rings (SSSR count). The van der Waals surface area contributed by atoms with Crippen LogP contribution in [0.2, 0.25) is 0 Å². The monoisotopic (exact) mass is 361 g/mol. The standard InChI is InChI=1S/C20H31N3O3/c1-15(2)16-7-9-18(10-8-16)26-14-13-22-20(25)21-12-11-19(24)23-17-5-3-4-6-17/h7-10,15,17H,3-6,11-14H2,1-2H3,(H,23,24)(H2,21,22,25). The lowest BCUT2D eigenvalue weighted by atomic mass is 10.0. The first-order valence-electron chi connectivity index (χ1n) is 9.58. The number of carbonyl (C=O) groups is 2. The molecule has 26 heavy (non-hydrogen) atoms. The van der Waals surface area contributed by atoms with Crippen molar-refractivity contribution in [2.24, 2.45) is 0 Å². The van der Waals surface area contributed by atoms with Crippen LogP contribution in [0.5, 0.6) is 5.75 Å². The van der Waals surface area contributed by atoms with E-state index in [0.29, 0.717) is 38.1 Å². The van der Waals surface area contributed by atoms with Gasteiger partial charge in [0, 0.05) is 19.0 Å². The van der Waals surface area contributed by atoms with E-state index in [4.69, 9.17) is 4.74 Å². The van der Waals surface area contributed by atoms with Gasteiger partial charge in [0.15, 0.2) is 0 Å². The predicted octanol–water partition coefficient (Wildman–Crippen LogP) is 2.94. The summed E-state index contributed by atoms with van der Waals surface area (Å²) in [7, 11) is 0. The normalized spacial score (nSPS) is 14.3. The summed E-state index contributed by atoms with van der Waals surface area (Å²) in [6, 6.07) is 8.03. The second-order valence-electron chi connectivity index (χ2n) is 7.05. The number of nitrogens with one attached hydrogen (secondary N) is 3. The number of urea groups is 1. The number of amides is 3. The van der Waals surface area contributed by atoms with Crippen LogP contribution in [0.1, 0.15) is 57.4 Å². The Morgan fingerprint density at radius 3 is 2.38 bits per heavy atom. The average molecular weight is 361 g/mol. The van der Waals surface area contributed by atoms with E-state index in [2.05, 4.69) is 41.9 Å². The molecule has 1 aromatic carbocycles. The Labute approximate surface area is 156 Å². The fourth-order valence-corrected chi connectivity index (χ4v) is 3.00. The zero-order chi connectivity index (χ0) is 18.8. The first kappa shape index (κ1) is 20.1. The number of hydrogen-bond donors (Lipinski definition) is 3. The van der Waals surface area contributed by atoms with Crippen LogP contribution < -0.4 is 20.7 Å². The highest BCUT2D eigenvalue weighted by Crippen LogP contribution is 2.18. The third kappa shape index (κ3) is 7.33. The van der Waals surface area contributed by atoms with Crippen LogP contribution in [0, 0.1) is 0 Å². The summed E-state index contributed by atoms with van der Waals surface area (Å²) < 4.78 is 5.60. The highest BCUT2D eigenvalue weighted by Gasteiger charge is 2.16. The smallest absolute Gasteiger partial charge is 0.314 e. The molecule has 0 bridgehead atoms. The van der Waals surface area contributed by atoms with E-state index in [1.807, 2.05) is 12.1 Å². The van der Waals surface area contributed by atoms with Crippen molar-refractivity contribution in [2.45, 2.75) is 57.9 Å². The predicted molar refractivity (Wildman–Crippen MR) is 102 cm³/mol. The molecule has 6 nitrogen and oxygen atoms in total. The molecule has 0 spiro atoms. The Hall–Kier alpha value is -2.24. The quantitative estimate of drug-likeness (QED) is 0.592. The van der Waals surface area contributed by atoms with Crippen molar-refractivity contribution < 1.29 is 14.3 Å². The summed E-state index contributed by atoms with van der Waals surface area (Å²) in [6.07, 6.45) is 4.83. The van der Waals surface area contributed by atoms with Gasteiger partial charge in [0.1, 0.15) is 12.4 Å². The van der Waals surface area contributed by atoms with Crippen molar-refractivity contribution in [2.75, 3.05) is 19.7 Å². The van der Waals surface area contributed by atoms with Crippen LogP contribution >= 0.6 is 0 Å². The first-order chi connectivity index (χ1) is 12.5. The summed E-state index contributed by atoms with van der Waals surface area (Å²) in [5.41, 5.74) is 1.27. The molecule has 1 aromatic rings. The lowest BCUT2D eigenvalue weighted by Gasteiger charge is -2.12. The molecule has 0 radical (unpaired) electrons. The first-order valence-corrected chi connectivity index (χ1v) is 9.58. The number of carbonyl (C=O) groups excluding carboxylic acids is 2. The van der Waals surface area contributed by atoms with Gasteiger partial charge in [0.2, 0.25) is 5.91 Å². The second kappa shape index (κ2) is 10.7. The molecule has 0 saturated heterocycles. The summed E-state index contributed by atoms with van der Waals surface area (Å²) in [4.78, 5) is 23.5. The molecule has 0 aromatic heterocycles. The van der Waals surface area contributed by atoms with Gasteiger partial charge in [-0.1, -0.05) is 38.8 Å². The molecule has 1 aliphatic carbocycles. The van der Waals surface area contributed by atoms with Gasteiger partial charge in [-0.25, -0.2) is 4.79 Å². The van der Waals surface area contributed by atoms with Crippen LogP contribution in [0.4, 0.5) is 4.79 Å². The molecule has 1 fully saturated rings. The van der Waals surface area contributed by atoms with Crippen molar-refractivity contribution in [3.05, 3.63) is 29.8 Å². The highest BCUT2D eigenvalue weighted by molar-refractivity contribution is 5.78. The average Bonchev–Trinajstić information content (AvgIpc) is 3.12. The zero-order valence-corrected chi connectivity index (χ0v) is 15.8. The van der Waals surface area contributed by atoms with E-state index in [9.17, 15) is 9.59 Å². The minimum absolute atomic E-state index is 0.00498. The van der Waals surface area contributed by atoms with Gasteiger partial charge in [0.05, 0.1) is 6.54 Å².